The van der Waals surface area contributed by atoms with Gasteiger partial charge in [-0.2, -0.15) is 0 Å². The van der Waals surface area contributed by atoms with Crippen LogP contribution in [0.1, 0.15) is 46.5 Å². The molecule has 3 heteroatoms. The highest BCUT2D eigenvalue weighted by atomic mass is 15.2. The monoisotopic (exact) mass is 267 g/mol. The van der Waals surface area contributed by atoms with Crippen LogP contribution in [0.5, 0.6) is 0 Å². The molecule has 0 aromatic heterocycles. The Hall–Kier alpha value is -0.120. The standard InChI is InChI=1S/C16H33N3/c1-13(2)16(19-8-5-6-9-19)12-17-15-7-10-18(4)14(3)11-15/h13-17H,5-12H2,1-4H3. The molecule has 2 aliphatic heterocycles. The largest absolute Gasteiger partial charge is 0.312 e. The number of hydrogen-bond donors (Lipinski definition) is 1. The van der Waals surface area contributed by atoms with Crippen molar-refractivity contribution >= 4 is 0 Å². The van der Waals surface area contributed by atoms with Gasteiger partial charge in [0.15, 0.2) is 0 Å². The van der Waals surface area contributed by atoms with Gasteiger partial charge >= 0.3 is 0 Å². The molecule has 3 atom stereocenters. The number of rotatable bonds is 5. The molecule has 0 amide bonds. The second-order valence-corrected chi connectivity index (χ2v) is 7.01. The highest BCUT2D eigenvalue weighted by molar-refractivity contribution is 4.85. The van der Waals surface area contributed by atoms with E-state index in [0.29, 0.717) is 0 Å². The second kappa shape index (κ2) is 7.05. The van der Waals surface area contributed by atoms with Crippen molar-refractivity contribution in [2.24, 2.45) is 5.92 Å². The van der Waals surface area contributed by atoms with Gasteiger partial charge in [-0.25, -0.2) is 0 Å². The van der Waals surface area contributed by atoms with E-state index in [-0.39, 0.29) is 0 Å². The third-order valence-corrected chi connectivity index (χ3v) is 5.20. The van der Waals surface area contributed by atoms with Gasteiger partial charge in [-0.1, -0.05) is 13.8 Å². The van der Waals surface area contributed by atoms with Crippen molar-refractivity contribution in [2.75, 3.05) is 33.2 Å². The van der Waals surface area contributed by atoms with E-state index in [1.54, 1.807) is 0 Å². The average Bonchev–Trinajstić information content (AvgIpc) is 2.87. The summed E-state index contributed by atoms with van der Waals surface area (Å²) in [7, 11) is 2.25. The highest BCUT2D eigenvalue weighted by Gasteiger charge is 2.27. The van der Waals surface area contributed by atoms with Crippen LogP contribution < -0.4 is 5.32 Å². The lowest BCUT2D eigenvalue weighted by Gasteiger charge is -2.38. The van der Waals surface area contributed by atoms with Crippen molar-refractivity contribution in [1.82, 2.24) is 15.1 Å². The summed E-state index contributed by atoms with van der Waals surface area (Å²) in [6.45, 7) is 12.2. The Bertz CT molecular complexity index is 261. The molecule has 2 fully saturated rings. The maximum absolute atomic E-state index is 3.86. The Balaban J connectivity index is 1.78. The lowest BCUT2D eigenvalue weighted by Crippen LogP contribution is -2.50. The van der Waals surface area contributed by atoms with Crippen LogP contribution >= 0.6 is 0 Å². The molecule has 3 unspecified atom stereocenters. The van der Waals surface area contributed by atoms with Gasteiger partial charge in [-0.15, -0.1) is 0 Å². The van der Waals surface area contributed by atoms with Crippen LogP contribution in [0.15, 0.2) is 0 Å². The quantitative estimate of drug-likeness (QED) is 0.824. The molecule has 0 aromatic rings. The molecule has 0 spiro atoms. The van der Waals surface area contributed by atoms with E-state index >= 15 is 0 Å². The molecule has 0 aliphatic carbocycles. The molecule has 0 bridgehead atoms. The van der Waals surface area contributed by atoms with E-state index in [2.05, 4.69) is 42.9 Å². The van der Waals surface area contributed by atoms with Crippen molar-refractivity contribution in [2.45, 2.75) is 64.6 Å². The van der Waals surface area contributed by atoms with Crippen LogP contribution in [-0.4, -0.2) is 61.2 Å². The van der Waals surface area contributed by atoms with Crippen molar-refractivity contribution < 1.29 is 0 Å². The lowest BCUT2D eigenvalue weighted by molar-refractivity contribution is 0.146. The zero-order valence-electron chi connectivity index (χ0n) is 13.4. The third kappa shape index (κ3) is 4.17. The van der Waals surface area contributed by atoms with Crippen LogP contribution in [0.2, 0.25) is 0 Å². The van der Waals surface area contributed by atoms with Crippen molar-refractivity contribution in [1.29, 1.82) is 0 Å². The molecule has 1 N–H and O–H groups in total. The van der Waals surface area contributed by atoms with Crippen molar-refractivity contribution in [3.8, 4) is 0 Å². The Morgan fingerprint density at radius 2 is 1.84 bits per heavy atom. The van der Waals surface area contributed by atoms with E-state index in [0.717, 1.165) is 24.0 Å². The Morgan fingerprint density at radius 1 is 1.16 bits per heavy atom. The lowest BCUT2D eigenvalue weighted by atomic mass is 9.97. The summed E-state index contributed by atoms with van der Waals surface area (Å²) in [5.74, 6) is 0.759. The highest BCUT2D eigenvalue weighted by Crippen LogP contribution is 2.19. The maximum atomic E-state index is 3.86. The van der Waals surface area contributed by atoms with Crippen LogP contribution in [0.25, 0.3) is 0 Å². The molecular weight excluding hydrogens is 234 g/mol. The molecule has 0 radical (unpaired) electrons. The second-order valence-electron chi connectivity index (χ2n) is 7.01. The van der Waals surface area contributed by atoms with Gasteiger partial charge in [0.05, 0.1) is 0 Å². The zero-order chi connectivity index (χ0) is 13.8. The van der Waals surface area contributed by atoms with E-state index in [9.17, 15) is 0 Å². The topological polar surface area (TPSA) is 18.5 Å². The summed E-state index contributed by atoms with van der Waals surface area (Å²) in [6, 6.07) is 2.20. The molecule has 2 heterocycles. The number of piperidine rings is 1. The molecule has 112 valence electrons. The van der Waals surface area contributed by atoms with Gasteiger partial charge in [0, 0.05) is 24.7 Å². The van der Waals surface area contributed by atoms with Gasteiger partial charge in [-0.05, 0) is 65.2 Å². The minimum Gasteiger partial charge on any atom is -0.312 e. The van der Waals surface area contributed by atoms with Gasteiger partial charge in [0.2, 0.25) is 0 Å². The molecular formula is C16H33N3. The number of nitrogens with one attached hydrogen (secondary N) is 1. The van der Waals surface area contributed by atoms with Crippen LogP contribution in [0, 0.1) is 5.92 Å². The molecule has 2 saturated heterocycles. The summed E-state index contributed by atoms with van der Waals surface area (Å²) < 4.78 is 0. The number of nitrogens with zero attached hydrogens (tertiary/aromatic N) is 2. The average molecular weight is 267 g/mol. The van der Waals surface area contributed by atoms with E-state index in [1.165, 1.54) is 51.9 Å². The molecule has 2 rings (SSSR count). The minimum absolute atomic E-state index is 0.732. The third-order valence-electron chi connectivity index (χ3n) is 5.20. The van der Waals surface area contributed by atoms with Crippen LogP contribution in [0.3, 0.4) is 0 Å². The first-order valence-corrected chi connectivity index (χ1v) is 8.25. The summed E-state index contributed by atoms with van der Waals surface area (Å²) >= 11 is 0. The first-order chi connectivity index (χ1) is 9.08. The number of likely N-dealkylation sites (tertiary alicyclic amines) is 2. The van der Waals surface area contributed by atoms with E-state index < -0.39 is 0 Å². The van der Waals surface area contributed by atoms with Gasteiger partial charge < -0.3 is 10.2 Å². The SMILES string of the molecule is CC(C)C(CNC1CCN(C)C(C)C1)N1CCCC1. The fourth-order valence-corrected chi connectivity index (χ4v) is 3.62. The van der Waals surface area contributed by atoms with Gasteiger partial charge in [0.1, 0.15) is 0 Å². The molecule has 0 saturated carbocycles. The van der Waals surface area contributed by atoms with E-state index in [4.69, 9.17) is 0 Å². The summed E-state index contributed by atoms with van der Waals surface area (Å²) in [4.78, 5) is 5.19. The normalized spacial score (nSPS) is 32.1. The van der Waals surface area contributed by atoms with Crippen LogP contribution in [0.4, 0.5) is 0 Å². The maximum Gasteiger partial charge on any atom is 0.0243 e. The molecule has 2 aliphatic rings. The van der Waals surface area contributed by atoms with Gasteiger partial charge in [0.25, 0.3) is 0 Å². The van der Waals surface area contributed by atoms with Crippen molar-refractivity contribution in [3.63, 3.8) is 0 Å². The summed E-state index contributed by atoms with van der Waals surface area (Å²) in [5, 5.41) is 3.86. The first kappa shape index (κ1) is 15.3. The van der Waals surface area contributed by atoms with E-state index in [1.807, 2.05) is 0 Å². The predicted octanol–water partition coefficient (Wildman–Crippen LogP) is 2.18. The Morgan fingerprint density at radius 3 is 2.42 bits per heavy atom. The predicted molar refractivity (Wildman–Crippen MR) is 82.5 cm³/mol. The fourth-order valence-electron chi connectivity index (χ4n) is 3.62. The fraction of sp³-hybridized carbons (Fsp3) is 1.00. The zero-order valence-corrected chi connectivity index (χ0v) is 13.4. The van der Waals surface area contributed by atoms with Crippen molar-refractivity contribution in [3.05, 3.63) is 0 Å². The summed E-state index contributed by atoms with van der Waals surface area (Å²) in [5.41, 5.74) is 0. The molecule has 19 heavy (non-hydrogen) atoms. The smallest absolute Gasteiger partial charge is 0.0243 e. The minimum atomic E-state index is 0.732. The molecule has 0 aromatic carbocycles. The first-order valence-electron chi connectivity index (χ1n) is 8.25. The Labute approximate surface area is 119 Å². The van der Waals surface area contributed by atoms with Gasteiger partial charge in [-0.3, -0.25) is 4.90 Å². The summed E-state index contributed by atoms with van der Waals surface area (Å²) in [6.07, 6.45) is 5.41. The molecule has 3 nitrogen and oxygen atoms in total. The Kier molecular flexibility index (Phi) is 5.67. The number of hydrogen-bond acceptors (Lipinski definition) is 3. The van der Waals surface area contributed by atoms with Crippen LogP contribution in [-0.2, 0) is 0 Å².